The topological polar surface area (TPSA) is 78.9 Å². The van der Waals surface area contributed by atoms with Crippen LogP contribution in [0.15, 0.2) is 60.8 Å². The average molecular weight is 994 g/mol. The molecule has 0 unspecified atom stereocenters. The number of hydrogen-bond acceptors (Lipinski definition) is 6. The van der Waals surface area contributed by atoms with E-state index in [9.17, 15) is 14.4 Å². The molecule has 0 rings (SSSR count). The van der Waals surface area contributed by atoms with Gasteiger partial charge in [0, 0.05) is 19.3 Å². The molecule has 6 nitrogen and oxygen atoms in total. The van der Waals surface area contributed by atoms with Crippen LogP contribution in [0.2, 0.25) is 0 Å². The van der Waals surface area contributed by atoms with E-state index in [4.69, 9.17) is 14.2 Å². The Labute approximate surface area is 440 Å². The van der Waals surface area contributed by atoms with Gasteiger partial charge in [-0.15, -0.1) is 0 Å². The first-order chi connectivity index (χ1) is 35.0. The highest BCUT2D eigenvalue weighted by atomic mass is 16.6. The molecule has 0 N–H and O–H groups in total. The normalized spacial score (nSPS) is 12.4. The van der Waals surface area contributed by atoms with E-state index in [0.29, 0.717) is 19.3 Å². The maximum atomic E-state index is 12.9. The first-order valence-electron chi connectivity index (χ1n) is 30.8. The predicted octanol–water partition coefficient (Wildman–Crippen LogP) is 20.8. The largest absolute Gasteiger partial charge is 0.462 e. The lowest BCUT2D eigenvalue weighted by Crippen LogP contribution is -2.30. The number of unbranched alkanes of at least 4 members (excludes halogenated alkanes) is 35. The molecule has 0 heterocycles. The zero-order chi connectivity index (χ0) is 51.4. The van der Waals surface area contributed by atoms with Crippen molar-refractivity contribution in [3.63, 3.8) is 0 Å². The second-order valence-electron chi connectivity index (χ2n) is 20.6. The van der Waals surface area contributed by atoms with Crippen molar-refractivity contribution in [1.29, 1.82) is 0 Å². The van der Waals surface area contributed by atoms with E-state index < -0.39 is 6.10 Å². The average Bonchev–Trinajstić information content (AvgIpc) is 3.37. The van der Waals surface area contributed by atoms with Crippen LogP contribution in [0.5, 0.6) is 0 Å². The maximum absolute atomic E-state index is 12.9. The van der Waals surface area contributed by atoms with Gasteiger partial charge in [-0.1, -0.05) is 274 Å². The summed E-state index contributed by atoms with van der Waals surface area (Å²) in [5.41, 5.74) is 0. The van der Waals surface area contributed by atoms with Gasteiger partial charge in [0.15, 0.2) is 6.10 Å². The van der Waals surface area contributed by atoms with Crippen LogP contribution in [0.1, 0.15) is 316 Å². The first kappa shape index (κ1) is 68.1. The van der Waals surface area contributed by atoms with E-state index >= 15 is 0 Å². The zero-order valence-corrected chi connectivity index (χ0v) is 47.2. The molecule has 412 valence electrons. The summed E-state index contributed by atoms with van der Waals surface area (Å²) in [6, 6.07) is 0. The Kier molecular flexibility index (Phi) is 57.2. The van der Waals surface area contributed by atoms with Gasteiger partial charge in [-0.25, -0.2) is 0 Å². The fourth-order valence-corrected chi connectivity index (χ4v) is 8.84. The van der Waals surface area contributed by atoms with Crippen molar-refractivity contribution in [2.45, 2.75) is 322 Å². The summed E-state index contributed by atoms with van der Waals surface area (Å²) in [6.45, 7) is 6.60. The molecule has 0 fully saturated rings. The third kappa shape index (κ3) is 57.9. The standard InChI is InChI=1S/C65H116O6/c1-4-7-10-13-16-19-22-25-28-31-32-35-38-41-44-47-50-53-56-59-65(68)71-62(60-69-63(66)57-54-51-48-45-42-39-36-33-29-26-23-20-17-14-11-8-5-2)61-70-64(67)58-55-52-49-46-43-40-37-34-30-27-24-21-18-15-12-9-6-3/h17,20,25-26,28-29,36,39,45,48,62H,4-16,18-19,21-24,27,30-35,37-38,40-44,46-47,49-61H2,1-3H3/b20-17-,28-25-,29-26-,39-36-,48-45-/t62-/m1/s1. The molecule has 0 saturated heterocycles. The summed E-state index contributed by atoms with van der Waals surface area (Å²) in [5, 5.41) is 0. The van der Waals surface area contributed by atoms with Gasteiger partial charge in [-0.2, -0.15) is 0 Å². The SMILES string of the molecule is CCCCC/C=C\C/C=C\C/C=C\C/C=C\CCCC(=O)OC[C@H](COC(=O)CCCCCCCCCCCCCCCCCCC)OC(=O)CCCCCCCCCCC/C=C\CCCCCCCC. The quantitative estimate of drug-likeness (QED) is 0.0261. The minimum absolute atomic E-state index is 0.0888. The van der Waals surface area contributed by atoms with E-state index in [2.05, 4.69) is 81.5 Å². The van der Waals surface area contributed by atoms with Crippen LogP contribution in [-0.4, -0.2) is 37.2 Å². The van der Waals surface area contributed by atoms with Gasteiger partial charge in [-0.3, -0.25) is 14.4 Å². The number of ether oxygens (including phenoxy) is 3. The smallest absolute Gasteiger partial charge is 0.306 e. The van der Waals surface area contributed by atoms with Crippen molar-refractivity contribution < 1.29 is 28.6 Å². The van der Waals surface area contributed by atoms with Crippen molar-refractivity contribution in [3.05, 3.63) is 60.8 Å². The third-order valence-electron chi connectivity index (χ3n) is 13.5. The maximum Gasteiger partial charge on any atom is 0.306 e. The lowest BCUT2D eigenvalue weighted by molar-refractivity contribution is -0.167. The summed E-state index contributed by atoms with van der Waals surface area (Å²) >= 11 is 0. The predicted molar refractivity (Wildman–Crippen MR) is 307 cm³/mol. The van der Waals surface area contributed by atoms with Crippen molar-refractivity contribution in [2.75, 3.05) is 13.2 Å². The summed E-state index contributed by atoms with van der Waals surface area (Å²) in [5.74, 6) is -0.933. The van der Waals surface area contributed by atoms with Crippen LogP contribution >= 0.6 is 0 Å². The molecule has 71 heavy (non-hydrogen) atoms. The Morgan fingerprint density at radius 2 is 0.521 bits per heavy atom. The van der Waals surface area contributed by atoms with Crippen molar-refractivity contribution >= 4 is 17.9 Å². The van der Waals surface area contributed by atoms with Crippen LogP contribution in [-0.2, 0) is 28.6 Å². The molecular weight excluding hydrogens is 877 g/mol. The minimum atomic E-state index is -0.796. The molecular formula is C65H116O6. The molecule has 0 aliphatic heterocycles. The summed E-state index contributed by atoms with van der Waals surface area (Å²) in [6.07, 6.45) is 75.1. The Balaban J connectivity index is 4.42. The first-order valence-corrected chi connectivity index (χ1v) is 30.8. The third-order valence-corrected chi connectivity index (χ3v) is 13.5. The molecule has 0 aliphatic carbocycles. The summed E-state index contributed by atoms with van der Waals surface area (Å²) in [4.78, 5) is 38.2. The zero-order valence-electron chi connectivity index (χ0n) is 47.2. The monoisotopic (exact) mass is 993 g/mol. The van der Waals surface area contributed by atoms with E-state index in [1.165, 1.54) is 205 Å². The molecule has 0 radical (unpaired) electrons. The highest BCUT2D eigenvalue weighted by Gasteiger charge is 2.19. The molecule has 0 saturated carbocycles. The van der Waals surface area contributed by atoms with E-state index in [1.807, 2.05) is 0 Å². The molecule has 0 aromatic heterocycles. The van der Waals surface area contributed by atoms with Gasteiger partial charge in [0.2, 0.25) is 0 Å². The van der Waals surface area contributed by atoms with Crippen LogP contribution in [0, 0.1) is 0 Å². The molecule has 6 heteroatoms. The fraction of sp³-hybridized carbons (Fsp3) is 0.800. The van der Waals surface area contributed by atoms with E-state index in [0.717, 1.165) is 64.2 Å². The number of carbonyl (C=O) groups excluding carboxylic acids is 3. The number of hydrogen-bond donors (Lipinski definition) is 0. The molecule has 0 aromatic carbocycles. The molecule has 0 bridgehead atoms. The van der Waals surface area contributed by atoms with Gasteiger partial charge in [0.05, 0.1) is 0 Å². The molecule has 0 amide bonds. The van der Waals surface area contributed by atoms with Gasteiger partial charge < -0.3 is 14.2 Å². The van der Waals surface area contributed by atoms with Crippen molar-refractivity contribution in [3.8, 4) is 0 Å². The van der Waals surface area contributed by atoms with Crippen LogP contribution in [0.25, 0.3) is 0 Å². The Morgan fingerprint density at radius 3 is 0.887 bits per heavy atom. The highest BCUT2D eigenvalue weighted by molar-refractivity contribution is 5.71. The van der Waals surface area contributed by atoms with Crippen LogP contribution < -0.4 is 0 Å². The van der Waals surface area contributed by atoms with Gasteiger partial charge >= 0.3 is 17.9 Å². The van der Waals surface area contributed by atoms with Gasteiger partial charge in [0.1, 0.15) is 13.2 Å². The van der Waals surface area contributed by atoms with Crippen molar-refractivity contribution in [1.82, 2.24) is 0 Å². The van der Waals surface area contributed by atoms with Gasteiger partial charge in [-0.05, 0) is 83.5 Å². The molecule has 0 aromatic rings. The Bertz CT molecular complexity index is 1280. The Hall–Kier alpha value is -2.89. The van der Waals surface area contributed by atoms with E-state index in [-0.39, 0.29) is 37.5 Å². The molecule has 0 spiro atoms. The lowest BCUT2D eigenvalue weighted by Gasteiger charge is -2.18. The summed E-state index contributed by atoms with van der Waals surface area (Å²) < 4.78 is 16.9. The highest BCUT2D eigenvalue weighted by Crippen LogP contribution is 2.16. The van der Waals surface area contributed by atoms with Gasteiger partial charge in [0.25, 0.3) is 0 Å². The van der Waals surface area contributed by atoms with Crippen molar-refractivity contribution in [2.24, 2.45) is 0 Å². The summed E-state index contributed by atoms with van der Waals surface area (Å²) in [7, 11) is 0. The fourth-order valence-electron chi connectivity index (χ4n) is 8.84. The number of allylic oxidation sites excluding steroid dienone is 10. The Morgan fingerprint density at radius 1 is 0.282 bits per heavy atom. The number of carbonyl (C=O) groups is 3. The second-order valence-corrected chi connectivity index (χ2v) is 20.6. The number of esters is 3. The van der Waals surface area contributed by atoms with E-state index in [1.54, 1.807) is 0 Å². The molecule has 1 atom stereocenters. The lowest BCUT2D eigenvalue weighted by atomic mass is 10.0. The second kappa shape index (κ2) is 59.7. The number of rotatable bonds is 56. The van der Waals surface area contributed by atoms with Crippen LogP contribution in [0.4, 0.5) is 0 Å². The minimum Gasteiger partial charge on any atom is -0.462 e. The molecule has 0 aliphatic rings. The van der Waals surface area contributed by atoms with Crippen LogP contribution in [0.3, 0.4) is 0 Å².